The van der Waals surface area contributed by atoms with Crippen molar-refractivity contribution < 1.29 is 350 Å². The van der Waals surface area contributed by atoms with Crippen molar-refractivity contribution in [1.82, 2.24) is 0 Å². The number of fused-ring (bicyclic) bond motifs is 10. The summed E-state index contributed by atoms with van der Waals surface area (Å²) in [4.78, 5) is 105. The summed E-state index contributed by atoms with van der Waals surface area (Å²) in [5.41, 5.74) is 4.05. The van der Waals surface area contributed by atoms with E-state index in [1.54, 1.807) is 13.8 Å². The number of rotatable bonds is 20. The van der Waals surface area contributed by atoms with Gasteiger partial charge in [-0.3, -0.25) is 0 Å². The summed E-state index contributed by atoms with van der Waals surface area (Å²) in [6.45, 7) is 6.38. The first-order valence-electron chi connectivity index (χ1n) is 40.8. The molecule has 0 spiro atoms. The molecular formula is C84H92O46P4W8. The number of aromatic hydroxyl groups is 6. The maximum absolute atomic E-state index is 12.3. The number of aliphatic hydroxyl groups is 8. The molecule has 142 heavy (non-hydrogen) atoms. The van der Waals surface area contributed by atoms with Crippen molar-refractivity contribution in [3.05, 3.63) is 204 Å². The van der Waals surface area contributed by atoms with Crippen molar-refractivity contribution in [3.63, 3.8) is 0 Å². The Morgan fingerprint density at radius 2 is 0.620 bits per heavy atom. The van der Waals surface area contributed by atoms with Gasteiger partial charge in [-0.25, -0.2) is 47.0 Å². The monoisotopic (exact) mass is 3430 g/mol. The minimum atomic E-state index is -3.23. The molecule has 12 aromatic rings. The van der Waals surface area contributed by atoms with Crippen LogP contribution in [0.2, 0.25) is 0 Å². The molecular weight excluding hydrogens is 3340 g/mol. The topological polar surface area (TPSA) is 756 Å². The van der Waals surface area contributed by atoms with E-state index in [1.807, 2.05) is 13.8 Å². The second kappa shape index (κ2) is 62.5. The van der Waals surface area contributed by atoms with Gasteiger partial charge in [0.2, 0.25) is 12.6 Å². The Kier molecular flexibility index (Phi) is 57.0. The minimum Gasteiger partial charge on any atom is 0 e. The Morgan fingerprint density at radius 3 is 0.993 bits per heavy atom. The predicted molar refractivity (Wildman–Crippen MR) is 464 cm³/mol. The number of aryl methyl sites for hydroxylation is 4. The number of ether oxygens (including phenoxy) is 4. The van der Waals surface area contributed by atoms with Crippen LogP contribution in [0.4, 0.5) is 0 Å². The zero-order valence-electron chi connectivity index (χ0n) is 74.1. The van der Waals surface area contributed by atoms with Gasteiger partial charge in [0.05, 0.1) is 13.2 Å². The van der Waals surface area contributed by atoms with Gasteiger partial charge in [0.25, 0.3) is 0 Å². The number of phenols is 6. The van der Waals surface area contributed by atoms with Crippen LogP contribution in [0, 0.1) is 13.8 Å². The second-order valence-electron chi connectivity index (χ2n) is 29.9. The molecule has 18 N–H and O–H groups in total. The van der Waals surface area contributed by atoms with E-state index in [1.165, 1.54) is 91.0 Å². The maximum atomic E-state index is 12.3. The third kappa shape index (κ3) is 34.1. The van der Waals surface area contributed by atoms with Crippen LogP contribution in [0.1, 0.15) is 110 Å². The van der Waals surface area contributed by atoms with Crippen molar-refractivity contribution in [2.75, 3.05) is 13.2 Å². The van der Waals surface area contributed by atoms with Crippen molar-refractivity contribution in [2.45, 2.75) is 179 Å². The minimum absolute atomic E-state index is 0. The molecule has 2 fully saturated rings. The number of aliphatic hydroxyl groups excluding tert-OH is 8. The summed E-state index contributed by atoms with van der Waals surface area (Å²) in [5, 5.41) is 141. The van der Waals surface area contributed by atoms with E-state index in [2.05, 4.69) is 13.6 Å². The fraction of sp³-hybridized carbons (Fsp3) is 0.357. The largest absolute Gasteiger partial charge is 0 e. The van der Waals surface area contributed by atoms with E-state index < -0.39 is 130 Å². The molecule has 6 aromatic heterocycles. The van der Waals surface area contributed by atoms with E-state index in [9.17, 15) is 119 Å². The fourth-order valence-corrected chi connectivity index (χ4v) is 16.1. The quantitative estimate of drug-likeness (QED) is 0.0271. The molecule has 16 rings (SSSR count). The van der Waals surface area contributed by atoms with Crippen LogP contribution in [-0.2, 0) is 243 Å². The summed E-state index contributed by atoms with van der Waals surface area (Å²) in [6, 6.07) is 21.0. The first-order chi connectivity index (χ1) is 65.8. The van der Waals surface area contributed by atoms with Gasteiger partial charge in [0.1, 0.15) is 82.3 Å². The van der Waals surface area contributed by atoms with Crippen LogP contribution in [0.5, 0.6) is 69.0 Å². The molecule has 772 valence electrons. The molecule has 14 atom stereocenters. The fourth-order valence-electron chi connectivity index (χ4n) is 14.7. The molecule has 2 aliphatic heterocycles. The van der Waals surface area contributed by atoms with Crippen molar-refractivity contribution in [2.24, 2.45) is 0 Å². The standard InChI is InChI=1S/2C20H26O9.2C13H13O6P.2C9H7O6P.4O.8W/c2*1-3-4-5-10-9(2)11-6-12(22)14(7-13(11)27-19(10)26)28-20-18(25)17(24)16(23)15(8-21)29-20;14-10-6-11-9(5-12(10)19-20(16)17)7-3-1-2-4-8(7)13(15)18-11;14-10-5-9-7-3-1-2-4-8(7)13(15)18-11(9)6-12(10)19-20(16)17;10-6-4-7-5(1-2-9(11)14-7)3-8(6)15-16(12)13;10-6-3-5-1-2-9(11)14-7(5)4-8(6)15-16(12)13;;;;;;;;;;;;/h2*6-7,15-18,20-25H,3-5,8H2,1-2H3;2*5-6,14,20H,1-4H2,(H,16,17);2*1-4,10,16H,(H,12,13);;;;;;;;;;;;/t15?,16-,17+,18?,20+;15?,16-,17-,18?,20-;;;;;;;;;;;;;;;;/m01................/s1. The molecule has 2 aliphatic carbocycles. The summed E-state index contributed by atoms with van der Waals surface area (Å²) in [7, 11) is -12.8. The van der Waals surface area contributed by atoms with Crippen molar-refractivity contribution in [3.8, 4) is 69.0 Å². The average molecular weight is 3430 g/mol. The number of benzene rings is 6. The molecule has 4 aliphatic rings. The van der Waals surface area contributed by atoms with Crippen molar-refractivity contribution >= 4 is 98.8 Å². The molecule has 0 bridgehead atoms. The molecule has 8 heterocycles. The third-order valence-electron chi connectivity index (χ3n) is 21.3. The molecule has 8 unspecified atom stereocenters. The zero-order valence-corrected chi connectivity index (χ0v) is 102. The normalized spacial score (nSPS) is 18.6. The average Bonchev–Trinajstić information content (AvgIpc) is 0.772. The Morgan fingerprint density at radius 1 is 0.338 bits per heavy atom. The van der Waals surface area contributed by atoms with Gasteiger partial charge in [-0.1, -0.05) is 26.7 Å². The van der Waals surface area contributed by atoms with Crippen LogP contribution in [-0.4, -0.2) is 166 Å². The zero-order chi connectivity index (χ0) is 103. The Labute approximate surface area is 905 Å². The van der Waals surface area contributed by atoms with Gasteiger partial charge in [-0.05, 0) is 162 Å². The molecule has 0 saturated carbocycles. The smallest absolute Gasteiger partial charge is 0 e. The third-order valence-corrected chi connectivity index (χ3v) is 22.9. The van der Waals surface area contributed by atoms with Crippen LogP contribution < -0.4 is 61.3 Å². The Hall–Kier alpha value is -6.75. The maximum Gasteiger partial charge on any atom is 0 e. The van der Waals surface area contributed by atoms with Gasteiger partial charge in [-0.2, -0.15) is 0 Å². The second-order valence-corrected chi connectivity index (χ2v) is 32.8. The first kappa shape index (κ1) is 129. The predicted octanol–water partition coefficient (Wildman–Crippen LogP) is 6.96. The van der Waals surface area contributed by atoms with E-state index in [4.69, 9.17) is 83.1 Å². The van der Waals surface area contributed by atoms with Crippen LogP contribution >= 0.6 is 33.0 Å². The van der Waals surface area contributed by atoms with Crippen molar-refractivity contribution in [1.29, 1.82) is 0 Å². The molecule has 58 heteroatoms. The molecule has 0 amide bonds. The summed E-state index contributed by atoms with van der Waals surface area (Å²) in [5.74, 6) is -2.68. The van der Waals surface area contributed by atoms with Crippen LogP contribution in [0.3, 0.4) is 0 Å². The van der Waals surface area contributed by atoms with E-state index in [0.717, 1.165) is 81.4 Å². The number of unbranched alkanes of at least 4 members (excludes halogenated alkanes) is 2. The van der Waals surface area contributed by atoms with E-state index >= 15 is 0 Å². The molecule has 2 saturated heterocycles. The van der Waals surface area contributed by atoms with Gasteiger partial charge in [0.15, 0.2) is 69.0 Å². The van der Waals surface area contributed by atoms with E-state index in [0.29, 0.717) is 170 Å². The van der Waals surface area contributed by atoms with Gasteiger partial charge >= 0.3 is 159 Å². The van der Waals surface area contributed by atoms with Gasteiger partial charge < -0.3 is 155 Å². The number of phenolic OH excluding ortho intramolecular Hbond substituents is 6. The van der Waals surface area contributed by atoms with E-state index in [-0.39, 0.29) is 198 Å². The molecule has 6 aromatic carbocycles. The molecule has 46 nitrogen and oxygen atoms in total. The Bertz CT molecular complexity index is 6600. The number of hydrogen-bond acceptors (Lipinski definition) is 42. The van der Waals surface area contributed by atoms with Gasteiger partial charge in [-0.15, -0.1) is 0 Å². The molecule has 0 radical (unpaired) electrons. The van der Waals surface area contributed by atoms with Crippen LogP contribution in [0.25, 0.3) is 65.8 Å². The summed E-state index contributed by atoms with van der Waals surface area (Å²) >= 11 is 1.33. The SMILES string of the molecule is CCCCc1c(C)c2cc(O)c(O[C@@H]3OC(CO)[C@@H](O)[C@@H](O)C3O)cc2oc1=O.CCCCc1c(C)c2cc(O)c(O[C@@H]3OC(CO)[C@H](O)[C@@H](O)C3O)cc2oc1=O.O=c1ccc2cc(O)c(O[PH](=O)O)cc2o1.O=c1ccc2cc(O[PH](=O)O)c(O)cc2o1.O=c1oc2cc(O)c(O[PH](=O)O)cc2c2c1CCCC2.O=c1oc2cc(O[PH](=O)O)c(O)cc2c2c1CCCC2.[O]=[W].[O]=[W].[O]=[W].[O]=[W].[W].[W].[W].[W]. The van der Waals surface area contributed by atoms with Gasteiger partial charge in [0, 0.05) is 187 Å². The summed E-state index contributed by atoms with van der Waals surface area (Å²) < 4.78 is 146. The summed E-state index contributed by atoms with van der Waals surface area (Å²) in [6.07, 6.45) is -3.43. The Balaban J connectivity index is 0.000000435. The first-order valence-corrected chi connectivity index (χ1v) is 50.6. The number of hydrogen-bond donors (Lipinski definition) is 18. The van der Waals surface area contributed by atoms with Crippen LogP contribution in [0.15, 0.2) is 152 Å².